The van der Waals surface area contributed by atoms with Gasteiger partial charge in [-0.2, -0.15) is 0 Å². The van der Waals surface area contributed by atoms with Crippen molar-refractivity contribution in [3.63, 3.8) is 0 Å². The number of thioether (sulfide) groups is 1. The van der Waals surface area contributed by atoms with Crippen LogP contribution in [0.15, 0.2) is 35.7 Å². The first-order chi connectivity index (χ1) is 12.1. The maximum absolute atomic E-state index is 12.5. The number of aromatic nitrogens is 3. The maximum atomic E-state index is 12.5. The van der Waals surface area contributed by atoms with E-state index in [2.05, 4.69) is 15.5 Å². The molecule has 2 amide bonds. The number of likely N-dealkylation sites (tertiary alicyclic amines) is 1. The molecule has 1 aromatic carbocycles. The van der Waals surface area contributed by atoms with E-state index in [1.54, 1.807) is 35.2 Å². The van der Waals surface area contributed by atoms with E-state index in [9.17, 15) is 9.59 Å². The van der Waals surface area contributed by atoms with E-state index >= 15 is 0 Å². The molecule has 1 saturated heterocycles. The Kier molecular flexibility index (Phi) is 5.70. The fourth-order valence-electron chi connectivity index (χ4n) is 2.74. The van der Waals surface area contributed by atoms with Gasteiger partial charge < -0.3 is 14.8 Å². The number of benzene rings is 1. The normalized spacial score (nSPS) is 14.4. The summed E-state index contributed by atoms with van der Waals surface area (Å²) in [5.41, 5.74) is 1.24. The van der Waals surface area contributed by atoms with E-state index in [1.165, 1.54) is 18.2 Å². The number of anilines is 1. The fraction of sp³-hybridized carbons (Fsp3) is 0.412. The highest BCUT2D eigenvalue weighted by atomic mass is 32.2. The van der Waals surface area contributed by atoms with Crippen molar-refractivity contribution >= 4 is 29.3 Å². The third-order valence-corrected chi connectivity index (χ3v) is 5.07. The molecule has 25 heavy (non-hydrogen) atoms. The molecule has 0 aliphatic carbocycles. The van der Waals surface area contributed by atoms with E-state index in [0.29, 0.717) is 16.4 Å². The molecule has 0 atom stereocenters. The minimum atomic E-state index is -0.143. The number of piperidine rings is 1. The number of amides is 2. The number of nitrogens with zero attached hydrogens (tertiary/aromatic N) is 4. The summed E-state index contributed by atoms with van der Waals surface area (Å²) in [6.45, 7) is 1.62. The molecule has 2 aromatic rings. The zero-order chi connectivity index (χ0) is 17.6. The highest BCUT2D eigenvalue weighted by molar-refractivity contribution is 7.99. The molecule has 8 heteroatoms. The lowest BCUT2D eigenvalue weighted by molar-refractivity contribution is -0.113. The van der Waals surface area contributed by atoms with Crippen molar-refractivity contribution in [2.24, 2.45) is 7.05 Å². The highest BCUT2D eigenvalue weighted by Crippen LogP contribution is 2.18. The molecule has 1 aliphatic heterocycles. The summed E-state index contributed by atoms with van der Waals surface area (Å²) in [4.78, 5) is 26.5. The molecule has 132 valence electrons. The second-order valence-corrected chi connectivity index (χ2v) is 6.94. The van der Waals surface area contributed by atoms with Crippen LogP contribution in [0.4, 0.5) is 5.69 Å². The topological polar surface area (TPSA) is 80.1 Å². The van der Waals surface area contributed by atoms with Crippen LogP contribution in [0.1, 0.15) is 29.6 Å². The Hall–Kier alpha value is -2.35. The van der Waals surface area contributed by atoms with Crippen LogP contribution in [0.3, 0.4) is 0 Å². The Labute approximate surface area is 150 Å². The molecule has 7 nitrogen and oxygen atoms in total. The first-order valence-corrected chi connectivity index (χ1v) is 9.28. The number of nitrogens with one attached hydrogen (secondary N) is 1. The van der Waals surface area contributed by atoms with Crippen molar-refractivity contribution in [2.45, 2.75) is 24.4 Å². The first-order valence-electron chi connectivity index (χ1n) is 8.29. The second-order valence-electron chi connectivity index (χ2n) is 5.99. The Morgan fingerprint density at radius 2 is 2.04 bits per heavy atom. The van der Waals surface area contributed by atoms with Crippen molar-refractivity contribution in [3.8, 4) is 0 Å². The molecule has 2 heterocycles. The summed E-state index contributed by atoms with van der Waals surface area (Å²) in [5, 5.41) is 11.2. The Morgan fingerprint density at radius 3 is 2.76 bits per heavy atom. The van der Waals surface area contributed by atoms with Gasteiger partial charge in [0.15, 0.2) is 5.16 Å². The van der Waals surface area contributed by atoms with Crippen molar-refractivity contribution in [3.05, 3.63) is 36.2 Å². The van der Waals surface area contributed by atoms with Crippen LogP contribution in [0.5, 0.6) is 0 Å². The average molecular weight is 359 g/mol. The number of carbonyl (C=O) groups excluding carboxylic acids is 2. The number of hydrogen-bond acceptors (Lipinski definition) is 5. The maximum Gasteiger partial charge on any atom is 0.253 e. The minimum Gasteiger partial charge on any atom is -0.339 e. The Bertz CT molecular complexity index is 755. The van der Waals surface area contributed by atoms with Gasteiger partial charge in [0.1, 0.15) is 6.33 Å². The summed E-state index contributed by atoms with van der Waals surface area (Å²) in [5.74, 6) is 0.122. The van der Waals surface area contributed by atoms with E-state index in [4.69, 9.17) is 0 Å². The molecular weight excluding hydrogens is 338 g/mol. The largest absolute Gasteiger partial charge is 0.339 e. The number of rotatable bonds is 5. The standard InChI is InChI=1S/C17H21N5O2S/c1-21-12-18-20-17(21)25-11-15(23)19-14-7-5-6-13(10-14)16(24)22-8-3-2-4-9-22/h5-7,10,12H,2-4,8-9,11H2,1H3,(H,19,23). The first kappa shape index (κ1) is 17.5. The third kappa shape index (κ3) is 4.60. The van der Waals surface area contributed by atoms with E-state index in [1.807, 2.05) is 11.9 Å². The third-order valence-electron chi connectivity index (χ3n) is 4.04. The van der Waals surface area contributed by atoms with Gasteiger partial charge in [-0.1, -0.05) is 17.8 Å². The van der Waals surface area contributed by atoms with Gasteiger partial charge >= 0.3 is 0 Å². The average Bonchev–Trinajstić information content (AvgIpc) is 3.05. The molecular formula is C17H21N5O2S. The second kappa shape index (κ2) is 8.15. The highest BCUT2D eigenvalue weighted by Gasteiger charge is 2.18. The van der Waals surface area contributed by atoms with Crippen LogP contribution in [-0.4, -0.2) is 50.3 Å². The molecule has 0 radical (unpaired) electrons. The van der Waals surface area contributed by atoms with Crippen LogP contribution in [0.25, 0.3) is 0 Å². The molecule has 1 fully saturated rings. The van der Waals surface area contributed by atoms with Crippen LogP contribution in [0, 0.1) is 0 Å². The lowest BCUT2D eigenvalue weighted by Gasteiger charge is -2.26. The minimum absolute atomic E-state index is 0.0317. The van der Waals surface area contributed by atoms with Crippen LogP contribution >= 0.6 is 11.8 Å². The summed E-state index contributed by atoms with van der Waals surface area (Å²) >= 11 is 1.32. The molecule has 1 aliphatic rings. The van der Waals surface area contributed by atoms with Crippen molar-refractivity contribution in [1.29, 1.82) is 0 Å². The Balaban J connectivity index is 1.58. The SMILES string of the molecule is Cn1cnnc1SCC(=O)Nc1cccc(C(=O)N2CCCCC2)c1. The summed E-state index contributed by atoms with van der Waals surface area (Å²) in [7, 11) is 1.83. The predicted molar refractivity (Wildman–Crippen MR) is 96.6 cm³/mol. The quantitative estimate of drug-likeness (QED) is 0.828. The predicted octanol–water partition coefficient (Wildman–Crippen LogP) is 2.17. The van der Waals surface area contributed by atoms with Crippen molar-refractivity contribution in [1.82, 2.24) is 19.7 Å². The van der Waals surface area contributed by atoms with Crippen LogP contribution in [-0.2, 0) is 11.8 Å². The zero-order valence-electron chi connectivity index (χ0n) is 14.1. The number of aryl methyl sites for hydroxylation is 1. The van der Waals surface area contributed by atoms with Gasteiger partial charge in [0.05, 0.1) is 5.75 Å². The monoisotopic (exact) mass is 359 g/mol. The summed E-state index contributed by atoms with van der Waals surface area (Å²) in [6, 6.07) is 7.11. The molecule has 0 unspecified atom stereocenters. The molecule has 0 bridgehead atoms. The molecule has 0 spiro atoms. The fourth-order valence-corrected chi connectivity index (χ4v) is 3.43. The van der Waals surface area contributed by atoms with E-state index in [0.717, 1.165) is 25.9 Å². The molecule has 1 N–H and O–H groups in total. The van der Waals surface area contributed by atoms with Crippen LogP contribution in [0.2, 0.25) is 0 Å². The Morgan fingerprint density at radius 1 is 1.24 bits per heavy atom. The molecule has 0 saturated carbocycles. The van der Waals surface area contributed by atoms with Crippen molar-refractivity contribution < 1.29 is 9.59 Å². The smallest absolute Gasteiger partial charge is 0.253 e. The van der Waals surface area contributed by atoms with Gasteiger partial charge in [-0.05, 0) is 37.5 Å². The zero-order valence-corrected chi connectivity index (χ0v) is 15.0. The summed E-state index contributed by atoms with van der Waals surface area (Å²) < 4.78 is 1.76. The lowest BCUT2D eigenvalue weighted by Crippen LogP contribution is -2.35. The van der Waals surface area contributed by atoms with Crippen LogP contribution < -0.4 is 5.32 Å². The molecule has 3 rings (SSSR count). The van der Waals surface area contributed by atoms with Gasteiger partial charge in [0, 0.05) is 31.4 Å². The number of carbonyl (C=O) groups is 2. The molecule has 1 aromatic heterocycles. The van der Waals surface area contributed by atoms with Gasteiger partial charge in [-0.15, -0.1) is 10.2 Å². The van der Waals surface area contributed by atoms with Crippen molar-refractivity contribution in [2.75, 3.05) is 24.2 Å². The van der Waals surface area contributed by atoms with E-state index in [-0.39, 0.29) is 17.6 Å². The summed E-state index contributed by atoms with van der Waals surface area (Å²) in [6.07, 6.45) is 4.89. The lowest BCUT2D eigenvalue weighted by atomic mass is 10.1. The van der Waals surface area contributed by atoms with E-state index < -0.39 is 0 Å². The van der Waals surface area contributed by atoms with Gasteiger partial charge in [-0.25, -0.2) is 0 Å². The number of hydrogen-bond donors (Lipinski definition) is 1. The van der Waals surface area contributed by atoms with Gasteiger partial charge in [-0.3, -0.25) is 9.59 Å². The van der Waals surface area contributed by atoms with Gasteiger partial charge in [0.25, 0.3) is 5.91 Å². The van der Waals surface area contributed by atoms with Gasteiger partial charge in [0.2, 0.25) is 5.91 Å².